The van der Waals surface area contributed by atoms with Crippen molar-refractivity contribution in [3.8, 4) is 24.2 Å². The molecule has 138 valence electrons. The molecule has 3 rings (SSSR count). The second-order valence-corrected chi connectivity index (χ2v) is 7.16. The maximum Gasteiger partial charge on any atom is 0.161 e. The van der Waals surface area contributed by atoms with Crippen LogP contribution < -0.4 is 10.5 Å². The number of benzene rings is 1. The number of nitrogens with zero attached hydrogens (tertiary/aromatic N) is 2. The number of ether oxygens (including phenoxy) is 1. The zero-order valence-corrected chi connectivity index (χ0v) is 16.2. The minimum absolute atomic E-state index is 0.00764. The third-order valence-corrected chi connectivity index (χ3v) is 5.38. The molecule has 0 amide bonds. The van der Waals surface area contributed by atoms with Crippen molar-refractivity contribution in [2.24, 2.45) is 5.73 Å². The van der Waals surface area contributed by atoms with Gasteiger partial charge in [-0.3, -0.25) is 4.79 Å². The van der Waals surface area contributed by atoms with E-state index in [1.54, 1.807) is 24.1 Å². The zero-order valence-electron chi connectivity index (χ0n) is 14.7. The van der Waals surface area contributed by atoms with Gasteiger partial charge in [0.2, 0.25) is 0 Å². The molecule has 0 saturated carbocycles. The third kappa shape index (κ3) is 3.25. The fraction of sp³-hybridized carbons (Fsp3) is 0.300. The van der Waals surface area contributed by atoms with Crippen molar-refractivity contribution in [2.45, 2.75) is 25.2 Å². The Balaban J connectivity index is 2.18. The Bertz CT molecular complexity index is 943. The molecule has 1 aromatic rings. The van der Waals surface area contributed by atoms with E-state index in [0.29, 0.717) is 29.0 Å². The van der Waals surface area contributed by atoms with Gasteiger partial charge in [0, 0.05) is 24.7 Å². The number of rotatable bonds is 3. The van der Waals surface area contributed by atoms with E-state index in [1.807, 2.05) is 0 Å². The summed E-state index contributed by atoms with van der Waals surface area (Å²) in [6.45, 7) is 0.0249. The lowest BCUT2D eigenvalue weighted by atomic mass is 9.76. The van der Waals surface area contributed by atoms with Gasteiger partial charge in [-0.05, 0) is 30.5 Å². The first-order chi connectivity index (χ1) is 12.9. The van der Waals surface area contributed by atoms with Gasteiger partial charge in [0.25, 0.3) is 0 Å². The number of nitriles is 1. The van der Waals surface area contributed by atoms with E-state index in [4.69, 9.17) is 40.1 Å². The second-order valence-electron chi connectivity index (χ2n) is 6.35. The smallest absolute Gasteiger partial charge is 0.161 e. The highest BCUT2D eigenvalue weighted by Gasteiger charge is 2.39. The van der Waals surface area contributed by atoms with Crippen LogP contribution in [0.5, 0.6) is 5.75 Å². The molecule has 1 aliphatic carbocycles. The monoisotopic (exact) mass is 401 g/mol. The quantitative estimate of drug-likeness (QED) is 0.780. The number of terminal acetylenes is 1. The van der Waals surface area contributed by atoms with Crippen LogP contribution in [0, 0.1) is 23.7 Å². The van der Waals surface area contributed by atoms with Gasteiger partial charge in [-0.1, -0.05) is 29.1 Å². The third-order valence-electron chi connectivity index (χ3n) is 4.82. The van der Waals surface area contributed by atoms with E-state index in [2.05, 4.69) is 12.0 Å². The first-order valence-corrected chi connectivity index (χ1v) is 9.11. The summed E-state index contributed by atoms with van der Waals surface area (Å²) in [5, 5.41) is 10.3. The molecule has 27 heavy (non-hydrogen) atoms. The minimum atomic E-state index is -0.606. The largest absolute Gasteiger partial charge is 0.478 e. The van der Waals surface area contributed by atoms with E-state index in [-0.39, 0.29) is 28.2 Å². The van der Waals surface area contributed by atoms with Crippen molar-refractivity contribution in [1.29, 1.82) is 5.26 Å². The van der Waals surface area contributed by atoms with Gasteiger partial charge >= 0.3 is 0 Å². The van der Waals surface area contributed by atoms with Crippen LogP contribution >= 0.6 is 23.2 Å². The molecule has 1 aromatic carbocycles. The summed E-state index contributed by atoms with van der Waals surface area (Å²) in [7, 11) is 1.77. The Hall–Kier alpha value is -2.60. The Labute approximate surface area is 168 Å². The SMILES string of the molecule is C#CCOc1c(Cl)cc([C@H]2C(C#N)=C(N)N(C)C3=C2C(=O)CCC3)cc1Cl. The van der Waals surface area contributed by atoms with Gasteiger partial charge in [-0.25, -0.2) is 0 Å². The highest BCUT2D eigenvalue weighted by atomic mass is 35.5. The molecule has 0 unspecified atom stereocenters. The van der Waals surface area contributed by atoms with Crippen molar-refractivity contribution in [2.75, 3.05) is 13.7 Å². The molecular formula is C20H17Cl2N3O2. The number of Topliss-reactive ketones (excluding diaryl/α,β-unsaturated/α-hetero) is 1. The molecule has 2 aliphatic rings. The molecule has 0 spiro atoms. The second kappa shape index (κ2) is 7.56. The van der Waals surface area contributed by atoms with Gasteiger partial charge in [-0.2, -0.15) is 5.26 Å². The number of hydrogen-bond donors (Lipinski definition) is 1. The van der Waals surface area contributed by atoms with Crippen molar-refractivity contribution in [1.82, 2.24) is 4.90 Å². The minimum Gasteiger partial charge on any atom is -0.478 e. The van der Waals surface area contributed by atoms with Crippen LogP contribution in [0.3, 0.4) is 0 Å². The highest BCUT2D eigenvalue weighted by Crippen LogP contribution is 2.46. The van der Waals surface area contributed by atoms with Gasteiger partial charge in [0.1, 0.15) is 12.4 Å². The number of halogens is 2. The molecule has 0 aromatic heterocycles. The first kappa shape index (κ1) is 19.2. The maximum atomic E-state index is 12.7. The van der Waals surface area contributed by atoms with Crippen LogP contribution in [-0.4, -0.2) is 24.3 Å². The Morgan fingerprint density at radius 1 is 1.37 bits per heavy atom. The molecular weight excluding hydrogens is 385 g/mol. The van der Waals surface area contributed by atoms with Crippen LogP contribution in [0.4, 0.5) is 0 Å². The summed E-state index contributed by atoms with van der Waals surface area (Å²) >= 11 is 12.7. The van der Waals surface area contributed by atoms with Gasteiger partial charge < -0.3 is 15.4 Å². The van der Waals surface area contributed by atoms with Crippen molar-refractivity contribution >= 4 is 29.0 Å². The predicted octanol–water partition coefficient (Wildman–Crippen LogP) is 3.74. The summed E-state index contributed by atoms with van der Waals surface area (Å²) in [4.78, 5) is 14.5. The average molecular weight is 402 g/mol. The number of carbonyl (C=O) groups excluding carboxylic acids is 1. The standard InChI is InChI=1S/C20H17Cl2N3O2/c1-3-7-27-19-13(21)8-11(9-14(19)22)17-12(10-23)20(24)25(2)15-5-4-6-16(26)18(15)17/h1,8-9,17H,4-7,24H2,2H3/t17-/m0/s1. The molecule has 5 nitrogen and oxygen atoms in total. The molecule has 0 fully saturated rings. The van der Waals surface area contributed by atoms with Crippen molar-refractivity contribution < 1.29 is 9.53 Å². The van der Waals surface area contributed by atoms with Gasteiger partial charge in [0.05, 0.1) is 27.6 Å². The number of carbonyl (C=O) groups is 1. The van der Waals surface area contributed by atoms with E-state index in [0.717, 1.165) is 18.5 Å². The fourth-order valence-corrected chi connectivity index (χ4v) is 4.21. The summed E-state index contributed by atoms with van der Waals surface area (Å²) in [5.41, 5.74) is 8.55. The number of hydrogen-bond acceptors (Lipinski definition) is 5. The van der Waals surface area contributed by atoms with E-state index in [9.17, 15) is 10.1 Å². The van der Waals surface area contributed by atoms with Crippen LogP contribution in [0.15, 0.2) is 34.8 Å². The maximum absolute atomic E-state index is 12.7. The summed E-state index contributed by atoms with van der Waals surface area (Å²) in [6.07, 6.45) is 7.12. The van der Waals surface area contributed by atoms with Crippen molar-refractivity contribution in [3.05, 3.63) is 50.4 Å². The average Bonchev–Trinajstić information content (AvgIpc) is 2.64. The first-order valence-electron chi connectivity index (χ1n) is 8.35. The Morgan fingerprint density at radius 2 is 2.04 bits per heavy atom. The highest BCUT2D eigenvalue weighted by molar-refractivity contribution is 6.37. The summed E-state index contributed by atoms with van der Waals surface area (Å²) in [6, 6.07) is 5.45. The van der Waals surface area contributed by atoms with Gasteiger partial charge in [-0.15, -0.1) is 6.42 Å². The summed E-state index contributed by atoms with van der Waals surface area (Å²) in [5.74, 6) is 2.36. The zero-order chi connectivity index (χ0) is 19.7. The predicted molar refractivity (Wildman–Crippen MR) is 104 cm³/mol. The molecule has 0 radical (unpaired) electrons. The van der Waals surface area contributed by atoms with E-state index >= 15 is 0 Å². The molecule has 1 atom stereocenters. The molecule has 1 heterocycles. The lowest BCUT2D eigenvalue weighted by Gasteiger charge is -2.37. The van der Waals surface area contributed by atoms with E-state index in [1.165, 1.54) is 0 Å². The Kier molecular flexibility index (Phi) is 5.37. The lowest BCUT2D eigenvalue weighted by molar-refractivity contribution is -0.116. The van der Waals surface area contributed by atoms with Crippen LogP contribution in [-0.2, 0) is 4.79 Å². The van der Waals surface area contributed by atoms with Crippen molar-refractivity contribution in [3.63, 3.8) is 0 Å². The van der Waals surface area contributed by atoms with Gasteiger partial charge in [0.15, 0.2) is 11.5 Å². The van der Waals surface area contributed by atoms with E-state index < -0.39 is 5.92 Å². The fourth-order valence-electron chi connectivity index (χ4n) is 3.59. The lowest BCUT2D eigenvalue weighted by Crippen LogP contribution is -2.36. The number of allylic oxidation sites excluding steroid dienone is 3. The molecule has 2 N–H and O–H groups in total. The van der Waals surface area contributed by atoms with Crippen LogP contribution in [0.25, 0.3) is 0 Å². The normalized spacial score (nSPS) is 19.5. The Morgan fingerprint density at radius 3 is 2.63 bits per heavy atom. The molecule has 7 heteroatoms. The number of nitrogens with two attached hydrogens (primary N) is 1. The molecule has 0 saturated heterocycles. The van der Waals surface area contributed by atoms with Crippen LogP contribution in [0.1, 0.15) is 30.7 Å². The topological polar surface area (TPSA) is 79.3 Å². The van der Waals surface area contributed by atoms with Crippen LogP contribution in [0.2, 0.25) is 10.0 Å². The molecule has 0 bridgehead atoms. The summed E-state index contributed by atoms with van der Waals surface area (Å²) < 4.78 is 5.39. The number of ketones is 1. The molecule has 1 aliphatic heterocycles.